The van der Waals surface area contributed by atoms with Crippen LogP contribution in [0, 0.1) is 12.8 Å². The molecule has 27 heavy (non-hydrogen) atoms. The highest BCUT2D eigenvalue weighted by Gasteiger charge is 2.31. The molecule has 0 aromatic heterocycles. The minimum Gasteiger partial charge on any atom is -0.469 e. The van der Waals surface area contributed by atoms with Crippen molar-refractivity contribution in [3.63, 3.8) is 0 Å². The van der Waals surface area contributed by atoms with Crippen molar-refractivity contribution in [3.05, 3.63) is 39.5 Å². The van der Waals surface area contributed by atoms with Gasteiger partial charge in [-0.15, -0.1) is 0 Å². The second-order valence-electron chi connectivity index (χ2n) is 7.34. The van der Waals surface area contributed by atoms with Crippen LogP contribution in [0.4, 0.5) is 5.69 Å². The molecular formula is C22H29NO4. The molecular weight excluding hydrogens is 342 g/mol. The van der Waals surface area contributed by atoms with Gasteiger partial charge in [-0.3, -0.25) is 4.79 Å². The first kappa shape index (κ1) is 19.5. The molecule has 1 saturated carbocycles. The van der Waals surface area contributed by atoms with Crippen LogP contribution in [0.5, 0.6) is 0 Å². The van der Waals surface area contributed by atoms with E-state index in [0.29, 0.717) is 18.6 Å². The van der Waals surface area contributed by atoms with Gasteiger partial charge in [0, 0.05) is 12.6 Å². The minimum absolute atomic E-state index is 0.144. The van der Waals surface area contributed by atoms with Crippen molar-refractivity contribution >= 4 is 17.6 Å². The summed E-state index contributed by atoms with van der Waals surface area (Å²) in [5, 5.41) is 3.25. The number of anilines is 1. The first-order valence-electron chi connectivity index (χ1n) is 9.79. The van der Waals surface area contributed by atoms with E-state index in [9.17, 15) is 9.59 Å². The van der Waals surface area contributed by atoms with Gasteiger partial charge in [0.25, 0.3) is 0 Å². The number of hydrogen-bond donors (Lipinski definition) is 1. The average Bonchev–Trinajstić information content (AvgIpc) is 3.27. The SMILES string of the molecule is CCc1c(C)c2c(c(NC)c1C/C=C1\CCCC1CC(=O)OC)C(=O)OC2. The maximum Gasteiger partial charge on any atom is 0.341 e. The second-order valence-corrected chi connectivity index (χ2v) is 7.34. The van der Waals surface area contributed by atoms with Crippen LogP contribution in [-0.2, 0) is 33.7 Å². The van der Waals surface area contributed by atoms with Crippen molar-refractivity contribution in [1.29, 1.82) is 0 Å². The van der Waals surface area contributed by atoms with E-state index in [1.165, 1.54) is 29.4 Å². The molecule has 1 heterocycles. The highest BCUT2D eigenvalue weighted by atomic mass is 16.5. The summed E-state index contributed by atoms with van der Waals surface area (Å²) < 4.78 is 10.2. The number of rotatable bonds is 6. The van der Waals surface area contributed by atoms with Crippen LogP contribution in [0.2, 0.25) is 0 Å². The molecule has 5 heteroatoms. The maximum absolute atomic E-state index is 12.3. The number of carbonyl (C=O) groups is 2. The largest absolute Gasteiger partial charge is 0.469 e. The molecule has 1 N–H and O–H groups in total. The van der Waals surface area contributed by atoms with Gasteiger partial charge < -0.3 is 14.8 Å². The molecule has 146 valence electrons. The molecule has 1 unspecified atom stereocenters. The molecule has 0 saturated heterocycles. The van der Waals surface area contributed by atoms with Gasteiger partial charge in [-0.25, -0.2) is 4.79 Å². The Hall–Kier alpha value is -2.30. The summed E-state index contributed by atoms with van der Waals surface area (Å²) in [5.41, 5.74) is 7.57. The second kappa shape index (κ2) is 8.15. The highest BCUT2D eigenvalue weighted by Crippen LogP contribution is 2.39. The number of carbonyl (C=O) groups excluding carboxylic acids is 2. The summed E-state index contributed by atoms with van der Waals surface area (Å²) in [6.45, 7) is 4.60. The molecule has 1 fully saturated rings. The Morgan fingerprint density at radius 2 is 2.15 bits per heavy atom. The highest BCUT2D eigenvalue weighted by molar-refractivity contribution is 6.01. The van der Waals surface area contributed by atoms with Gasteiger partial charge in [0.05, 0.1) is 24.8 Å². The van der Waals surface area contributed by atoms with Crippen LogP contribution in [0.3, 0.4) is 0 Å². The summed E-state index contributed by atoms with van der Waals surface area (Å²) in [5.74, 6) is -0.103. The van der Waals surface area contributed by atoms with E-state index in [2.05, 4.69) is 25.2 Å². The molecule has 1 aliphatic carbocycles. The van der Waals surface area contributed by atoms with E-state index in [1.54, 1.807) is 0 Å². The van der Waals surface area contributed by atoms with Gasteiger partial charge in [-0.05, 0) is 61.6 Å². The lowest BCUT2D eigenvalue weighted by atomic mass is 9.87. The molecule has 0 bridgehead atoms. The van der Waals surface area contributed by atoms with Crippen molar-refractivity contribution in [3.8, 4) is 0 Å². The maximum atomic E-state index is 12.3. The first-order valence-corrected chi connectivity index (χ1v) is 9.79. The number of hydrogen-bond acceptors (Lipinski definition) is 5. The van der Waals surface area contributed by atoms with Crippen molar-refractivity contribution in [2.24, 2.45) is 5.92 Å². The van der Waals surface area contributed by atoms with Crippen molar-refractivity contribution in [2.75, 3.05) is 19.5 Å². The van der Waals surface area contributed by atoms with Crippen LogP contribution < -0.4 is 5.32 Å². The number of cyclic esters (lactones) is 1. The van der Waals surface area contributed by atoms with Gasteiger partial charge in [-0.2, -0.15) is 0 Å². The van der Waals surface area contributed by atoms with Crippen LogP contribution in [0.15, 0.2) is 11.6 Å². The molecule has 5 nitrogen and oxygen atoms in total. The van der Waals surface area contributed by atoms with Crippen LogP contribution >= 0.6 is 0 Å². The number of nitrogens with one attached hydrogen (secondary N) is 1. The summed E-state index contributed by atoms with van der Waals surface area (Å²) in [6, 6.07) is 0. The van der Waals surface area contributed by atoms with E-state index in [1.807, 2.05) is 7.05 Å². The lowest BCUT2D eigenvalue weighted by molar-refractivity contribution is -0.141. The van der Waals surface area contributed by atoms with Gasteiger partial charge in [0.15, 0.2) is 0 Å². The normalized spacial score (nSPS) is 19.9. The monoisotopic (exact) mass is 371 g/mol. The Bertz CT molecular complexity index is 794. The fourth-order valence-electron chi connectivity index (χ4n) is 4.61. The Morgan fingerprint density at radius 3 is 2.81 bits per heavy atom. The number of benzene rings is 1. The van der Waals surface area contributed by atoms with E-state index < -0.39 is 0 Å². The van der Waals surface area contributed by atoms with Crippen LogP contribution in [0.25, 0.3) is 0 Å². The molecule has 0 amide bonds. The third-order valence-electron chi connectivity index (χ3n) is 6.03. The zero-order valence-electron chi connectivity index (χ0n) is 16.7. The van der Waals surface area contributed by atoms with Gasteiger partial charge in [0.2, 0.25) is 0 Å². The summed E-state index contributed by atoms with van der Waals surface area (Å²) in [7, 11) is 3.31. The fourth-order valence-corrected chi connectivity index (χ4v) is 4.61. The molecule has 1 aliphatic heterocycles. The van der Waals surface area contributed by atoms with Crippen LogP contribution in [0.1, 0.15) is 65.2 Å². The van der Waals surface area contributed by atoms with Gasteiger partial charge >= 0.3 is 11.9 Å². The molecule has 3 rings (SSSR count). The zero-order valence-corrected chi connectivity index (χ0v) is 16.7. The molecule has 1 aromatic carbocycles. The molecule has 1 atom stereocenters. The van der Waals surface area contributed by atoms with E-state index >= 15 is 0 Å². The predicted octanol–water partition coefficient (Wildman–Crippen LogP) is 4.10. The molecule has 0 radical (unpaired) electrons. The number of ether oxygens (including phenoxy) is 2. The smallest absolute Gasteiger partial charge is 0.341 e. The predicted molar refractivity (Wildman–Crippen MR) is 105 cm³/mol. The minimum atomic E-state index is -0.238. The lowest BCUT2D eigenvalue weighted by Crippen LogP contribution is -2.11. The van der Waals surface area contributed by atoms with Crippen molar-refractivity contribution in [2.45, 2.75) is 59.0 Å². The van der Waals surface area contributed by atoms with E-state index in [-0.39, 0.29) is 17.9 Å². The summed E-state index contributed by atoms with van der Waals surface area (Å²) in [4.78, 5) is 24.0. The third kappa shape index (κ3) is 3.60. The molecule has 0 spiro atoms. The van der Waals surface area contributed by atoms with Crippen molar-refractivity contribution in [1.82, 2.24) is 0 Å². The lowest BCUT2D eigenvalue weighted by Gasteiger charge is -2.19. The zero-order chi connectivity index (χ0) is 19.6. The number of methoxy groups -OCH3 is 1. The number of allylic oxidation sites excluding steroid dienone is 2. The first-order chi connectivity index (χ1) is 13.0. The van der Waals surface area contributed by atoms with Crippen LogP contribution in [-0.4, -0.2) is 26.1 Å². The summed E-state index contributed by atoms with van der Waals surface area (Å²) >= 11 is 0. The Balaban J connectivity index is 1.97. The van der Waals surface area contributed by atoms with Gasteiger partial charge in [0.1, 0.15) is 6.61 Å². The Labute approximate surface area is 161 Å². The van der Waals surface area contributed by atoms with E-state index in [4.69, 9.17) is 9.47 Å². The number of fused-ring (bicyclic) bond motifs is 1. The Morgan fingerprint density at radius 1 is 1.37 bits per heavy atom. The quantitative estimate of drug-likeness (QED) is 0.602. The standard InChI is InChI=1S/C22H29NO4/c1-5-16-13(2)18-12-27-22(25)20(18)21(23-3)17(16)10-9-14-7-6-8-15(14)11-19(24)26-4/h9,15,23H,5-8,10-12H2,1-4H3/b14-9+. The molecule has 1 aromatic rings. The van der Waals surface area contributed by atoms with E-state index in [0.717, 1.165) is 43.4 Å². The third-order valence-corrected chi connectivity index (χ3v) is 6.03. The summed E-state index contributed by atoms with van der Waals surface area (Å²) in [6.07, 6.45) is 7.57. The fraction of sp³-hybridized carbons (Fsp3) is 0.545. The number of esters is 2. The molecule has 2 aliphatic rings. The van der Waals surface area contributed by atoms with Gasteiger partial charge in [-0.1, -0.05) is 18.6 Å². The van der Waals surface area contributed by atoms with Crippen molar-refractivity contribution < 1.29 is 19.1 Å². The Kier molecular flexibility index (Phi) is 5.88. The topological polar surface area (TPSA) is 64.6 Å². The average molecular weight is 371 g/mol.